The number of carboxylic acids is 1. The summed E-state index contributed by atoms with van der Waals surface area (Å²) >= 11 is 0. The first-order valence-electron chi connectivity index (χ1n) is 6.58. The molecule has 2 saturated heterocycles. The van der Waals surface area contributed by atoms with Crippen LogP contribution in [0.4, 0.5) is 0 Å². The molecule has 0 bridgehead atoms. The van der Waals surface area contributed by atoms with E-state index in [0.717, 1.165) is 19.3 Å². The van der Waals surface area contributed by atoms with Gasteiger partial charge < -0.3 is 9.84 Å². The van der Waals surface area contributed by atoms with Crippen LogP contribution in [0.25, 0.3) is 0 Å². The molecule has 2 aliphatic rings. The van der Waals surface area contributed by atoms with Crippen molar-refractivity contribution in [1.29, 1.82) is 0 Å². The second-order valence-electron chi connectivity index (χ2n) is 4.90. The van der Waals surface area contributed by atoms with E-state index in [1.165, 1.54) is 8.61 Å². The minimum Gasteiger partial charge on any atom is -0.481 e. The van der Waals surface area contributed by atoms with Gasteiger partial charge in [0.15, 0.2) is 0 Å². The first-order valence-corrected chi connectivity index (χ1v) is 7.98. The Balaban J connectivity index is 2.13. The highest BCUT2D eigenvalue weighted by atomic mass is 32.2. The standard InChI is InChI=1S/C11H20N2O5S/c14-11(15)8-10-9-18-7-6-13(10)19(16,17)12-4-2-1-3-5-12/h10H,1-9H2,(H,14,15). The minimum atomic E-state index is -3.56. The SMILES string of the molecule is O=C(O)CC1COCCN1S(=O)(=O)N1CCCCC1. The summed E-state index contributed by atoms with van der Waals surface area (Å²) in [4.78, 5) is 10.8. The van der Waals surface area contributed by atoms with E-state index in [2.05, 4.69) is 0 Å². The minimum absolute atomic E-state index is 0.152. The lowest BCUT2D eigenvalue weighted by Gasteiger charge is -2.38. The number of hydrogen-bond acceptors (Lipinski definition) is 4. The predicted molar refractivity (Wildman–Crippen MR) is 67.9 cm³/mol. The van der Waals surface area contributed by atoms with Crippen LogP contribution in [-0.4, -0.2) is 67.0 Å². The Morgan fingerprint density at radius 3 is 2.53 bits per heavy atom. The lowest BCUT2D eigenvalue weighted by atomic mass is 10.2. The van der Waals surface area contributed by atoms with Gasteiger partial charge in [0.1, 0.15) is 0 Å². The number of carbonyl (C=O) groups is 1. The van der Waals surface area contributed by atoms with Gasteiger partial charge in [0, 0.05) is 19.6 Å². The molecular weight excluding hydrogens is 272 g/mol. The zero-order chi connectivity index (χ0) is 13.9. The Morgan fingerprint density at radius 1 is 1.21 bits per heavy atom. The third kappa shape index (κ3) is 3.44. The van der Waals surface area contributed by atoms with E-state index >= 15 is 0 Å². The van der Waals surface area contributed by atoms with Crippen molar-refractivity contribution >= 4 is 16.2 Å². The van der Waals surface area contributed by atoms with E-state index in [-0.39, 0.29) is 19.6 Å². The number of carboxylic acid groups (broad SMARTS) is 1. The lowest BCUT2D eigenvalue weighted by Crippen LogP contribution is -2.55. The van der Waals surface area contributed by atoms with Gasteiger partial charge in [-0.25, -0.2) is 0 Å². The van der Waals surface area contributed by atoms with Crippen LogP contribution in [0.2, 0.25) is 0 Å². The molecule has 0 saturated carbocycles. The molecule has 0 aromatic rings. The molecule has 1 N–H and O–H groups in total. The number of rotatable bonds is 4. The molecule has 2 rings (SSSR count). The highest BCUT2D eigenvalue weighted by Crippen LogP contribution is 2.21. The van der Waals surface area contributed by atoms with Crippen molar-refractivity contribution in [3.63, 3.8) is 0 Å². The third-order valence-electron chi connectivity index (χ3n) is 3.52. The van der Waals surface area contributed by atoms with E-state index in [0.29, 0.717) is 19.7 Å². The number of nitrogens with zero attached hydrogens (tertiary/aromatic N) is 2. The zero-order valence-electron chi connectivity index (χ0n) is 10.8. The van der Waals surface area contributed by atoms with Crippen LogP contribution < -0.4 is 0 Å². The van der Waals surface area contributed by atoms with E-state index in [9.17, 15) is 13.2 Å². The van der Waals surface area contributed by atoms with Gasteiger partial charge in [-0.3, -0.25) is 4.79 Å². The quantitative estimate of drug-likeness (QED) is 0.781. The largest absolute Gasteiger partial charge is 0.481 e. The van der Waals surface area contributed by atoms with Crippen molar-refractivity contribution in [2.24, 2.45) is 0 Å². The van der Waals surface area contributed by atoms with Crippen molar-refractivity contribution in [2.45, 2.75) is 31.7 Å². The summed E-state index contributed by atoms with van der Waals surface area (Å²) in [7, 11) is -3.56. The maximum Gasteiger partial charge on any atom is 0.305 e. The summed E-state index contributed by atoms with van der Waals surface area (Å²) in [6.07, 6.45) is 2.57. The molecule has 2 heterocycles. The molecule has 110 valence electrons. The fourth-order valence-electron chi connectivity index (χ4n) is 2.55. The Labute approximate surface area is 113 Å². The second-order valence-corrected chi connectivity index (χ2v) is 6.79. The summed E-state index contributed by atoms with van der Waals surface area (Å²) in [6.45, 7) is 1.76. The van der Waals surface area contributed by atoms with E-state index in [4.69, 9.17) is 9.84 Å². The zero-order valence-corrected chi connectivity index (χ0v) is 11.6. The summed E-state index contributed by atoms with van der Waals surface area (Å²) in [6, 6.07) is -0.599. The maximum atomic E-state index is 12.5. The summed E-state index contributed by atoms with van der Waals surface area (Å²) in [5, 5.41) is 8.87. The van der Waals surface area contributed by atoms with Crippen LogP contribution in [-0.2, 0) is 19.7 Å². The predicted octanol–water partition coefficient (Wildman–Crippen LogP) is -0.107. The molecule has 7 nitrogen and oxygen atoms in total. The van der Waals surface area contributed by atoms with Crippen LogP contribution in [0.5, 0.6) is 0 Å². The molecule has 8 heteroatoms. The van der Waals surface area contributed by atoms with Crippen LogP contribution in [0.1, 0.15) is 25.7 Å². The third-order valence-corrected chi connectivity index (χ3v) is 5.61. The van der Waals surface area contributed by atoms with Gasteiger partial charge in [0.2, 0.25) is 0 Å². The van der Waals surface area contributed by atoms with Crippen LogP contribution in [0.3, 0.4) is 0 Å². The van der Waals surface area contributed by atoms with Crippen molar-refractivity contribution in [2.75, 3.05) is 32.8 Å². The van der Waals surface area contributed by atoms with Crippen molar-refractivity contribution < 1.29 is 23.1 Å². The van der Waals surface area contributed by atoms with Gasteiger partial charge in [-0.15, -0.1) is 0 Å². The smallest absolute Gasteiger partial charge is 0.305 e. The molecule has 0 amide bonds. The average Bonchev–Trinajstić information content (AvgIpc) is 2.39. The Bertz CT molecular complexity index is 419. The van der Waals surface area contributed by atoms with Crippen molar-refractivity contribution in [1.82, 2.24) is 8.61 Å². The normalized spacial score (nSPS) is 27.3. The lowest BCUT2D eigenvalue weighted by molar-refractivity contribution is -0.139. The van der Waals surface area contributed by atoms with Crippen LogP contribution in [0, 0.1) is 0 Å². The van der Waals surface area contributed by atoms with E-state index < -0.39 is 22.2 Å². The Kier molecular flexibility index (Phi) is 4.77. The molecule has 1 atom stereocenters. The number of piperidine rings is 1. The van der Waals surface area contributed by atoms with E-state index in [1.807, 2.05) is 0 Å². The van der Waals surface area contributed by atoms with Crippen LogP contribution in [0.15, 0.2) is 0 Å². The highest BCUT2D eigenvalue weighted by molar-refractivity contribution is 7.86. The van der Waals surface area contributed by atoms with Gasteiger partial charge in [-0.1, -0.05) is 6.42 Å². The molecule has 2 fully saturated rings. The topological polar surface area (TPSA) is 87.1 Å². The average molecular weight is 292 g/mol. The fourth-order valence-corrected chi connectivity index (χ4v) is 4.38. The van der Waals surface area contributed by atoms with Gasteiger partial charge in [0.05, 0.1) is 25.7 Å². The molecule has 19 heavy (non-hydrogen) atoms. The van der Waals surface area contributed by atoms with Crippen molar-refractivity contribution in [3.8, 4) is 0 Å². The van der Waals surface area contributed by atoms with Gasteiger partial charge in [-0.05, 0) is 12.8 Å². The number of morpholine rings is 1. The first-order chi connectivity index (χ1) is 9.01. The molecule has 0 spiro atoms. The summed E-state index contributed by atoms with van der Waals surface area (Å²) < 4.78 is 33.1. The van der Waals surface area contributed by atoms with Gasteiger partial charge in [-0.2, -0.15) is 17.0 Å². The Morgan fingerprint density at radius 2 is 1.89 bits per heavy atom. The molecule has 0 radical (unpaired) electrons. The highest BCUT2D eigenvalue weighted by Gasteiger charge is 2.38. The first kappa shape index (κ1) is 14.7. The summed E-state index contributed by atoms with van der Waals surface area (Å²) in [5.74, 6) is -1.01. The maximum absolute atomic E-state index is 12.5. The van der Waals surface area contributed by atoms with Gasteiger partial charge >= 0.3 is 5.97 Å². The second kappa shape index (κ2) is 6.17. The molecule has 0 aliphatic carbocycles. The molecular formula is C11H20N2O5S. The number of ether oxygens (including phenoxy) is 1. The molecule has 0 aromatic carbocycles. The molecule has 1 unspecified atom stereocenters. The van der Waals surface area contributed by atoms with Crippen LogP contribution >= 0.6 is 0 Å². The monoisotopic (exact) mass is 292 g/mol. The molecule has 2 aliphatic heterocycles. The van der Waals surface area contributed by atoms with Gasteiger partial charge in [0.25, 0.3) is 10.2 Å². The number of aliphatic carboxylic acids is 1. The molecule has 0 aromatic heterocycles. The Hall–Kier alpha value is -0.700. The fraction of sp³-hybridized carbons (Fsp3) is 0.909. The van der Waals surface area contributed by atoms with E-state index in [1.54, 1.807) is 0 Å². The summed E-state index contributed by atoms with van der Waals surface area (Å²) in [5.41, 5.74) is 0. The number of hydrogen-bond donors (Lipinski definition) is 1. The van der Waals surface area contributed by atoms with Crippen molar-refractivity contribution in [3.05, 3.63) is 0 Å².